The molecule has 1 spiro atoms. The summed E-state index contributed by atoms with van der Waals surface area (Å²) >= 11 is 0. The zero-order valence-electron chi connectivity index (χ0n) is 18.8. The number of aliphatic carboxylic acids is 1. The highest BCUT2D eigenvalue weighted by atomic mass is 19.4. The summed E-state index contributed by atoms with van der Waals surface area (Å²) in [6, 6.07) is 6.87. The number of carbonyl (C=O) groups excluding carboxylic acids is 1. The number of aromatic hydroxyl groups is 1. The maximum Gasteiger partial charge on any atom is 0.490 e. The lowest BCUT2D eigenvalue weighted by Gasteiger charge is -2.38. The summed E-state index contributed by atoms with van der Waals surface area (Å²) in [5.41, 5.74) is 1.16. The second-order valence-corrected chi connectivity index (χ2v) is 9.37. The number of alkyl halides is 3. The minimum Gasteiger partial charge on any atom is -0.508 e. The van der Waals surface area contributed by atoms with Crippen molar-refractivity contribution in [2.24, 2.45) is 5.41 Å². The molecule has 4 rings (SSSR count). The molecule has 2 atom stereocenters. The van der Waals surface area contributed by atoms with Gasteiger partial charge in [-0.05, 0) is 48.8 Å². The fraction of sp³-hybridized carbons (Fsp3) is 0.652. The van der Waals surface area contributed by atoms with Crippen molar-refractivity contribution in [1.82, 2.24) is 9.80 Å². The van der Waals surface area contributed by atoms with Gasteiger partial charge in [-0.3, -0.25) is 9.69 Å². The number of β-amino-alcohol motifs (C(OH)–C–C–N with tert-alkyl or cyclic N) is 1. The van der Waals surface area contributed by atoms with Gasteiger partial charge in [0.2, 0.25) is 5.91 Å². The third-order valence-corrected chi connectivity index (χ3v) is 6.71. The van der Waals surface area contributed by atoms with Crippen molar-refractivity contribution < 1.29 is 42.8 Å². The number of aliphatic hydroxyl groups is 1. The van der Waals surface area contributed by atoms with E-state index in [0.717, 1.165) is 70.6 Å². The molecule has 2 unspecified atom stereocenters. The maximum absolute atomic E-state index is 12.6. The topological polar surface area (TPSA) is 111 Å². The molecule has 0 bridgehead atoms. The first kappa shape index (κ1) is 26.2. The monoisotopic (exact) mass is 488 g/mol. The van der Waals surface area contributed by atoms with Crippen LogP contribution in [0.1, 0.15) is 31.2 Å². The molecule has 11 heteroatoms. The maximum atomic E-state index is 12.6. The van der Waals surface area contributed by atoms with Gasteiger partial charge in [0.25, 0.3) is 0 Å². The molecule has 3 fully saturated rings. The summed E-state index contributed by atoms with van der Waals surface area (Å²) in [6.07, 6.45) is -0.655. The molecule has 0 radical (unpaired) electrons. The Morgan fingerprint density at radius 3 is 2.26 bits per heavy atom. The van der Waals surface area contributed by atoms with Gasteiger partial charge >= 0.3 is 12.1 Å². The van der Waals surface area contributed by atoms with Gasteiger partial charge in [-0.25, -0.2) is 4.79 Å². The van der Waals surface area contributed by atoms with Crippen molar-refractivity contribution in [1.29, 1.82) is 0 Å². The minimum absolute atomic E-state index is 0.164. The van der Waals surface area contributed by atoms with Gasteiger partial charge in [0.05, 0.1) is 25.2 Å². The molecule has 0 aliphatic carbocycles. The molecule has 0 aromatic heterocycles. The van der Waals surface area contributed by atoms with Crippen LogP contribution in [0, 0.1) is 5.41 Å². The number of benzene rings is 1. The van der Waals surface area contributed by atoms with E-state index in [1.807, 2.05) is 17.0 Å². The standard InChI is InChI=1S/C21H30N2O4.C2HF3O2/c24-17-3-1-16(2-4-17)11-20(26)23-9-6-21(7-10-23)12-19(27-15-21)14-22-8-5-18(25)13-22;3-2(4,5)1(6)7/h1-4,18-19,24-25H,5-15H2;(H,6,7). The first-order chi connectivity index (χ1) is 16.0. The third-order valence-electron chi connectivity index (χ3n) is 6.71. The first-order valence-electron chi connectivity index (χ1n) is 11.3. The smallest absolute Gasteiger partial charge is 0.490 e. The van der Waals surface area contributed by atoms with E-state index in [1.54, 1.807) is 12.1 Å². The van der Waals surface area contributed by atoms with Crippen LogP contribution in [0.15, 0.2) is 24.3 Å². The zero-order valence-corrected chi connectivity index (χ0v) is 18.8. The highest BCUT2D eigenvalue weighted by Crippen LogP contribution is 2.42. The Hall–Kier alpha value is -2.37. The van der Waals surface area contributed by atoms with Crippen molar-refractivity contribution in [3.8, 4) is 5.75 Å². The second kappa shape index (κ2) is 10.9. The summed E-state index contributed by atoms with van der Waals surface area (Å²) in [4.78, 5) is 25.8. The number of carbonyl (C=O) groups is 2. The van der Waals surface area contributed by atoms with E-state index in [0.29, 0.717) is 6.42 Å². The number of hydrogen-bond acceptors (Lipinski definition) is 6. The Morgan fingerprint density at radius 2 is 1.74 bits per heavy atom. The van der Waals surface area contributed by atoms with Gasteiger partial charge in [0.15, 0.2) is 0 Å². The van der Waals surface area contributed by atoms with Crippen LogP contribution in [0.5, 0.6) is 5.75 Å². The lowest BCUT2D eigenvalue weighted by molar-refractivity contribution is -0.192. The number of piperidine rings is 1. The molecular formula is C23H31F3N2O6. The molecule has 3 heterocycles. The van der Waals surface area contributed by atoms with E-state index in [9.17, 15) is 28.2 Å². The molecule has 1 amide bonds. The van der Waals surface area contributed by atoms with Crippen LogP contribution in [-0.2, 0) is 20.7 Å². The number of hydrogen-bond donors (Lipinski definition) is 3. The molecule has 1 aromatic carbocycles. The van der Waals surface area contributed by atoms with Crippen molar-refractivity contribution in [2.75, 3.05) is 39.3 Å². The molecule has 34 heavy (non-hydrogen) atoms. The third kappa shape index (κ3) is 7.31. The summed E-state index contributed by atoms with van der Waals surface area (Å²) in [7, 11) is 0. The van der Waals surface area contributed by atoms with Crippen LogP contribution in [0.2, 0.25) is 0 Å². The van der Waals surface area contributed by atoms with Crippen molar-refractivity contribution in [3.05, 3.63) is 29.8 Å². The predicted molar refractivity (Wildman–Crippen MR) is 115 cm³/mol. The molecule has 1 aromatic rings. The Morgan fingerprint density at radius 1 is 1.12 bits per heavy atom. The number of carboxylic acids is 1. The number of nitrogens with zero attached hydrogens (tertiary/aromatic N) is 2. The number of ether oxygens (including phenoxy) is 1. The number of carboxylic acid groups (broad SMARTS) is 1. The van der Waals surface area contributed by atoms with Gasteiger partial charge in [-0.1, -0.05) is 12.1 Å². The number of aliphatic hydroxyl groups excluding tert-OH is 1. The normalized spacial score (nSPS) is 24.6. The van der Waals surface area contributed by atoms with E-state index in [4.69, 9.17) is 14.6 Å². The lowest BCUT2D eigenvalue weighted by Crippen LogP contribution is -2.44. The Bertz CT molecular complexity index is 840. The largest absolute Gasteiger partial charge is 0.508 e. The van der Waals surface area contributed by atoms with Gasteiger partial charge in [-0.2, -0.15) is 13.2 Å². The summed E-state index contributed by atoms with van der Waals surface area (Å²) in [5.74, 6) is -2.37. The van der Waals surface area contributed by atoms with Gasteiger partial charge < -0.3 is 25.0 Å². The molecule has 190 valence electrons. The summed E-state index contributed by atoms with van der Waals surface area (Å²) < 4.78 is 37.8. The molecule has 3 aliphatic heterocycles. The Labute approximate surface area is 195 Å². The van der Waals surface area contributed by atoms with E-state index < -0.39 is 12.1 Å². The fourth-order valence-electron chi connectivity index (χ4n) is 4.76. The van der Waals surface area contributed by atoms with E-state index in [2.05, 4.69) is 4.90 Å². The molecule has 8 nitrogen and oxygen atoms in total. The lowest BCUT2D eigenvalue weighted by atomic mass is 9.76. The average Bonchev–Trinajstić information content (AvgIpc) is 3.36. The SMILES string of the molecule is O=C(Cc1ccc(O)cc1)N1CCC2(CC1)COC(CN1CCC(O)C1)C2.O=C(O)C(F)(F)F. The van der Waals surface area contributed by atoms with Crippen LogP contribution in [0.25, 0.3) is 0 Å². The van der Waals surface area contributed by atoms with E-state index in [-0.39, 0.29) is 29.3 Å². The highest BCUT2D eigenvalue weighted by molar-refractivity contribution is 5.79. The number of halogens is 3. The average molecular weight is 489 g/mol. The summed E-state index contributed by atoms with van der Waals surface area (Å²) in [5, 5.41) is 26.2. The number of rotatable bonds is 4. The molecular weight excluding hydrogens is 457 g/mol. The highest BCUT2D eigenvalue weighted by Gasteiger charge is 2.43. The van der Waals surface area contributed by atoms with Crippen molar-refractivity contribution in [2.45, 2.75) is 50.5 Å². The Balaban J connectivity index is 0.000000406. The Kier molecular flexibility index (Phi) is 8.43. The van der Waals surface area contributed by atoms with Crippen LogP contribution in [0.4, 0.5) is 13.2 Å². The van der Waals surface area contributed by atoms with Gasteiger partial charge in [0, 0.05) is 32.7 Å². The second-order valence-electron chi connectivity index (χ2n) is 9.37. The van der Waals surface area contributed by atoms with Crippen LogP contribution in [-0.4, -0.2) is 94.7 Å². The molecule has 0 saturated carbocycles. The molecule has 3 saturated heterocycles. The first-order valence-corrected chi connectivity index (χ1v) is 11.3. The van der Waals surface area contributed by atoms with Crippen LogP contribution in [0.3, 0.4) is 0 Å². The fourth-order valence-corrected chi connectivity index (χ4v) is 4.76. The van der Waals surface area contributed by atoms with Crippen molar-refractivity contribution in [3.63, 3.8) is 0 Å². The number of amides is 1. The van der Waals surface area contributed by atoms with Crippen LogP contribution >= 0.6 is 0 Å². The van der Waals surface area contributed by atoms with Crippen LogP contribution < -0.4 is 0 Å². The zero-order chi connectivity index (χ0) is 24.9. The molecule has 3 N–H and O–H groups in total. The van der Waals surface area contributed by atoms with Crippen molar-refractivity contribution >= 4 is 11.9 Å². The predicted octanol–water partition coefficient (Wildman–Crippen LogP) is 2.03. The summed E-state index contributed by atoms with van der Waals surface area (Å²) in [6.45, 7) is 5.06. The number of phenols is 1. The minimum atomic E-state index is -5.08. The number of phenolic OH excluding ortho intramolecular Hbond substituents is 1. The quantitative estimate of drug-likeness (QED) is 0.595. The number of likely N-dealkylation sites (tertiary alicyclic amines) is 2. The van der Waals surface area contributed by atoms with E-state index in [1.165, 1.54) is 0 Å². The van der Waals surface area contributed by atoms with E-state index >= 15 is 0 Å². The molecule has 3 aliphatic rings. The van der Waals surface area contributed by atoms with Gasteiger partial charge in [0.1, 0.15) is 5.75 Å². The van der Waals surface area contributed by atoms with Gasteiger partial charge in [-0.15, -0.1) is 0 Å².